The van der Waals surface area contributed by atoms with Crippen molar-refractivity contribution in [1.82, 2.24) is 5.32 Å². The van der Waals surface area contributed by atoms with Gasteiger partial charge in [0.15, 0.2) is 0 Å². The zero-order chi connectivity index (χ0) is 13.3. The highest BCUT2D eigenvalue weighted by molar-refractivity contribution is 4.84. The molecule has 0 aromatic heterocycles. The van der Waals surface area contributed by atoms with Crippen LogP contribution in [0.25, 0.3) is 0 Å². The molecular formula is C16H31NO2. The van der Waals surface area contributed by atoms with Gasteiger partial charge < -0.3 is 14.8 Å². The maximum Gasteiger partial charge on any atom is 0.0813 e. The first-order valence-corrected chi connectivity index (χ1v) is 8.35. The minimum atomic E-state index is 0.349. The van der Waals surface area contributed by atoms with Gasteiger partial charge in [-0.2, -0.15) is 0 Å². The van der Waals surface area contributed by atoms with E-state index in [1.165, 1.54) is 57.8 Å². The highest BCUT2D eigenvalue weighted by Gasteiger charge is 2.27. The Bertz CT molecular complexity index is 231. The van der Waals surface area contributed by atoms with Crippen molar-refractivity contribution < 1.29 is 9.47 Å². The van der Waals surface area contributed by atoms with Crippen molar-refractivity contribution in [2.45, 2.75) is 83.0 Å². The van der Waals surface area contributed by atoms with E-state index >= 15 is 0 Å². The van der Waals surface area contributed by atoms with Crippen LogP contribution < -0.4 is 5.32 Å². The zero-order valence-corrected chi connectivity index (χ0v) is 12.5. The number of nitrogens with one attached hydrogen (secondary N) is 1. The lowest BCUT2D eigenvalue weighted by Gasteiger charge is -2.14. The number of rotatable bonds is 11. The normalized spacial score (nSPS) is 27.0. The van der Waals surface area contributed by atoms with Crippen LogP contribution in [0.1, 0.15) is 64.7 Å². The molecule has 1 saturated carbocycles. The van der Waals surface area contributed by atoms with Gasteiger partial charge in [-0.25, -0.2) is 0 Å². The van der Waals surface area contributed by atoms with Crippen molar-refractivity contribution in [3.05, 3.63) is 0 Å². The lowest BCUT2D eigenvalue weighted by molar-refractivity contribution is -0.0150. The van der Waals surface area contributed by atoms with Gasteiger partial charge in [0.25, 0.3) is 0 Å². The van der Waals surface area contributed by atoms with E-state index in [4.69, 9.17) is 9.47 Å². The van der Waals surface area contributed by atoms with Gasteiger partial charge in [-0.15, -0.1) is 0 Å². The molecule has 112 valence electrons. The molecule has 1 N–H and O–H groups in total. The Kier molecular flexibility index (Phi) is 7.18. The first kappa shape index (κ1) is 15.3. The Labute approximate surface area is 118 Å². The average molecular weight is 269 g/mol. The summed E-state index contributed by atoms with van der Waals surface area (Å²) in [4.78, 5) is 0. The molecule has 2 unspecified atom stereocenters. The van der Waals surface area contributed by atoms with E-state index in [2.05, 4.69) is 12.2 Å². The molecule has 2 rings (SSSR count). The molecule has 19 heavy (non-hydrogen) atoms. The fourth-order valence-corrected chi connectivity index (χ4v) is 2.66. The summed E-state index contributed by atoms with van der Waals surface area (Å²) in [6.07, 6.45) is 12.4. The first-order valence-electron chi connectivity index (χ1n) is 8.35. The maximum atomic E-state index is 6.00. The summed E-state index contributed by atoms with van der Waals surface area (Å²) in [5.41, 5.74) is 0. The van der Waals surface area contributed by atoms with E-state index in [-0.39, 0.29) is 0 Å². The predicted molar refractivity (Wildman–Crippen MR) is 78.5 cm³/mol. The zero-order valence-electron chi connectivity index (χ0n) is 12.5. The molecule has 1 aliphatic carbocycles. The topological polar surface area (TPSA) is 30.5 Å². The van der Waals surface area contributed by atoms with E-state index in [0.29, 0.717) is 12.2 Å². The van der Waals surface area contributed by atoms with Gasteiger partial charge in [0, 0.05) is 19.2 Å². The summed E-state index contributed by atoms with van der Waals surface area (Å²) in [5, 5.41) is 3.55. The van der Waals surface area contributed by atoms with Crippen molar-refractivity contribution in [2.24, 2.45) is 0 Å². The largest absolute Gasteiger partial charge is 0.379 e. The van der Waals surface area contributed by atoms with Crippen LogP contribution in [0.2, 0.25) is 0 Å². The molecule has 3 heteroatoms. The highest BCUT2D eigenvalue weighted by Crippen LogP contribution is 2.22. The molecule has 1 heterocycles. The van der Waals surface area contributed by atoms with Crippen molar-refractivity contribution in [3.63, 3.8) is 0 Å². The number of unbranched alkanes of at least 4 members (excludes halogenated alkanes) is 4. The summed E-state index contributed by atoms with van der Waals surface area (Å²) < 4.78 is 11.7. The number of hydrogen-bond acceptors (Lipinski definition) is 3. The summed E-state index contributed by atoms with van der Waals surface area (Å²) >= 11 is 0. The second-order valence-electron chi connectivity index (χ2n) is 6.13. The number of ether oxygens (including phenoxy) is 2. The van der Waals surface area contributed by atoms with E-state index < -0.39 is 0 Å². The lowest BCUT2D eigenvalue weighted by atomic mass is 10.2. The standard InChI is InChI=1S/C16H31NO2/c1-2-3-4-5-6-11-18-13-16-10-9-15(19-16)12-17-14-7-8-14/h14-17H,2-13H2,1H3. The van der Waals surface area contributed by atoms with Crippen LogP contribution in [-0.2, 0) is 9.47 Å². The molecule has 2 atom stereocenters. The highest BCUT2D eigenvalue weighted by atomic mass is 16.5. The molecule has 1 aliphatic heterocycles. The summed E-state index contributed by atoms with van der Waals surface area (Å²) in [7, 11) is 0. The monoisotopic (exact) mass is 269 g/mol. The van der Waals surface area contributed by atoms with E-state index in [9.17, 15) is 0 Å². The van der Waals surface area contributed by atoms with Gasteiger partial charge in [0.1, 0.15) is 0 Å². The Morgan fingerprint density at radius 3 is 2.58 bits per heavy atom. The second-order valence-corrected chi connectivity index (χ2v) is 6.13. The van der Waals surface area contributed by atoms with Gasteiger partial charge in [0.2, 0.25) is 0 Å². The van der Waals surface area contributed by atoms with Crippen LogP contribution in [0, 0.1) is 0 Å². The minimum Gasteiger partial charge on any atom is -0.379 e. The van der Waals surface area contributed by atoms with Gasteiger partial charge in [-0.1, -0.05) is 32.6 Å². The lowest BCUT2D eigenvalue weighted by Crippen LogP contribution is -2.29. The van der Waals surface area contributed by atoms with Crippen molar-refractivity contribution in [1.29, 1.82) is 0 Å². The quantitative estimate of drug-likeness (QED) is 0.584. The average Bonchev–Trinajstić information content (AvgIpc) is 3.15. The third-order valence-corrected chi connectivity index (χ3v) is 4.10. The van der Waals surface area contributed by atoms with Crippen LogP contribution >= 0.6 is 0 Å². The van der Waals surface area contributed by atoms with Crippen LogP contribution in [0.4, 0.5) is 0 Å². The fraction of sp³-hybridized carbons (Fsp3) is 1.00. The molecule has 0 amide bonds. The molecule has 0 aromatic carbocycles. The summed E-state index contributed by atoms with van der Waals surface area (Å²) in [6, 6.07) is 0.794. The van der Waals surface area contributed by atoms with E-state index in [1.54, 1.807) is 0 Å². The Morgan fingerprint density at radius 1 is 1.00 bits per heavy atom. The van der Waals surface area contributed by atoms with Crippen molar-refractivity contribution >= 4 is 0 Å². The predicted octanol–water partition coefficient (Wildman–Crippen LogP) is 3.27. The molecule has 1 saturated heterocycles. The molecule has 0 radical (unpaired) electrons. The van der Waals surface area contributed by atoms with Crippen molar-refractivity contribution in [3.8, 4) is 0 Å². The number of hydrogen-bond donors (Lipinski definition) is 1. The SMILES string of the molecule is CCCCCCCOCC1CCC(CNC2CC2)O1. The second kappa shape index (κ2) is 8.93. The van der Waals surface area contributed by atoms with Crippen LogP contribution in [0.3, 0.4) is 0 Å². The molecule has 3 nitrogen and oxygen atoms in total. The van der Waals surface area contributed by atoms with Crippen LogP contribution in [0.15, 0.2) is 0 Å². The molecule has 0 bridgehead atoms. The Hall–Kier alpha value is -0.120. The molecule has 2 aliphatic rings. The Morgan fingerprint density at radius 2 is 1.79 bits per heavy atom. The smallest absolute Gasteiger partial charge is 0.0813 e. The third kappa shape index (κ3) is 6.73. The van der Waals surface area contributed by atoms with Gasteiger partial charge >= 0.3 is 0 Å². The van der Waals surface area contributed by atoms with Crippen LogP contribution in [-0.4, -0.2) is 38.0 Å². The third-order valence-electron chi connectivity index (χ3n) is 4.10. The van der Waals surface area contributed by atoms with E-state index in [1.807, 2.05) is 0 Å². The fourth-order valence-electron chi connectivity index (χ4n) is 2.66. The minimum absolute atomic E-state index is 0.349. The summed E-state index contributed by atoms with van der Waals surface area (Å²) in [5.74, 6) is 0. The van der Waals surface area contributed by atoms with Gasteiger partial charge in [0.05, 0.1) is 18.8 Å². The first-order chi connectivity index (χ1) is 9.38. The van der Waals surface area contributed by atoms with Crippen LogP contribution in [0.5, 0.6) is 0 Å². The molecule has 0 aromatic rings. The maximum absolute atomic E-state index is 6.00. The van der Waals surface area contributed by atoms with Gasteiger partial charge in [-0.3, -0.25) is 0 Å². The van der Waals surface area contributed by atoms with Gasteiger partial charge in [-0.05, 0) is 32.1 Å². The molecule has 2 fully saturated rings. The van der Waals surface area contributed by atoms with Crippen molar-refractivity contribution in [2.75, 3.05) is 19.8 Å². The summed E-state index contributed by atoms with van der Waals surface area (Å²) in [6.45, 7) is 5.00. The molecule has 0 spiro atoms. The molecular weight excluding hydrogens is 238 g/mol. The Balaban J connectivity index is 1.39. The van der Waals surface area contributed by atoms with E-state index in [0.717, 1.165) is 25.8 Å².